The van der Waals surface area contributed by atoms with Crippen LogP contribution in [0.3, 0.4) is 0 Å². The molecule has 1 aromatic carbocycles. The summed E-state index contributed by atoms with van der Waals surface area (Å²) in [6.45, 7) is 2.01. The van der Waals surface area contributed by atoms with E-state index >= 15 is 0 Å². The van der Waals surface area contributed by atoms with Gasteiger partial charge in [-0.2, -0.15) is 0 Å². The predicted molar refractivity (Wildman–Crippen MR) is 75.4 cm³/mol. The molecule has 2 heterocycles. The van der Waals surface area contributed by atoms with Crippen LogP contribution in [-0.4, -0.2) is 23.1 Å². The third-order valence-electron chi connectivity index (χ3n) is 4.16. The normalized spacial score (nSPS) is 24.0. The Balaban J connectivity index is 0.00000110. The van der Waals surface area contributed by atoms with E-state index in [0.717, 1.165) is 24.1 Å². The van der Waals surface area contributed by atoms with Gasteiger partial charge in [-0.3, -0.25) is 9.59 Å². The zero-order chi connectivity index (χ0) is 12.3. The van der Waals surface area contributed by atoms with Crippen LogP contribution in [0.1, 0.15) is 29.4 Å². The van der Waals surface area contributed by atoms with Gasteiger partial charge in [0.1, 0.15) is 0 Å². The van der Waals surface area contributed by atoms with Crippen LogP contribution in [0.15, 0.2) is 21.7 Å². The number of H-pyrrole nitrogens is 2. The molecule has 0 saturated carbocycles. The van der Waals surface area contributed by atoms with Crippen molar-refractivity contribution in [2.75, 3.05) is 13.1 Å². The summed E-state index contributed by atoms with van der Waals surface area (Å²) in [5, 5.41) is 3.43. The van der Waals surface area contributed by atoms with Gasteiger partial charge in [-0.15, -0.1) is 12.4 Å². The van der Waals surface area contributed by atoms with Gasteiger partial charge in [0.25, 0.3) is 0 Å². The van der Waals surface area contributed by atoms with E-state index in [0.29, 0.717) is 11.8 Å². The number of hydrogen-bond acceptors (Lipinski definition) is 3. The fraction of sp³-hybridized carbons (Fsp3) is 0.385. The second-order valence-electron chi connectivity index (χ2n) is 5.22. The third kappa shape index (κ3) is 1.73. The Bertz CT molecular complexity index is 702. The molecule has 0 radical (unpaired) electrons. The van der Waals surface area contributed by atoms with Crippen LogP contribution in [-0.2, 0) is 0 Å². The van der Waals surface area contributed by atoms with Crippen molar-refractivity contribution in [3.8, 4) is 0 Å². The number of halogens is 1. The van der Waals surface area contributed by atoms with Gasteiger partial charge >= 0.3 is 11.1 Å². The van der Waals surface area contributed by atoms with E-state index in [-0.39, 0.29) is 12.4 Å². The highest BCUT2D eigenvalue weighted by Crippen LogP contribution is 2.44. The molecular weight excluding hydrogens is 266 g/mol. The largest absolute Gasteiger partial charge is 0.316 e. The average molecular weight is 280 g/mol. The molecule has 2 bridgehead atoms. The molecule has 2 aromatic rings. The third-order valence-corrected chi connectivity index (χ3v) is 4.16. The summed E-state index contributed by atoms with van der Waals surface area (Å²) in [5.74, 6) is 1.08. The summed E-state index contributed by atoms with van der Waals surface area (Å²) in [5.41, 5.74) is 2.93. The molecular formula is C13H14ClN3O2. The monoisotopic (exact) mass is 279 g/mol. The smallest absolute Gasteiger partial charge is 0.314 e. The first kappa shape index (κ1) is 12.4. The van der Waals surface area contributed by atoms with E-state index in [4.69, 9.17) is 0 Å². The molecule has 2 aliphatic rings. The van der Waals surface area contributed by atoms with Crippen molar-refractivity contribution < 1.29 is 0 Å². The topological polar surface area (TPSA) is 77.8 Å². The molecule has 1 aliphatic carbocycles. The van der Waals surface area contributed by atoms with E-state index in [1.165, 1.54) is 17.5 Å². The van der Waals surface area contributed by atoms with Crippen LogP contribution in [0.4, 0.5) is 0 Å². The van der Waals surface area contributed by atoms with Gasteiger partial charge in [-0.05, 0) is 41.5 Å². The number of rotatable bonds is 0. The molecule has 100 valence electrons. The van der Waals surface area contributed by atoms with Crippen molar-refractivity contribution in [2.45, 2.75) is 18.3 Å². The lowest BCUT2D eigenvalue weighted by Crippen LogP contribution is -2.29. The maximum absolute atomic E-state index is 11.3. The maximum Gasteiger partial charge on any atom is 0.314 e. The maximum atomic E-state index is 11.3. The molecule has 4 rings (SSSR count). The van der Waals surface area contributed by atoms with Crippen molar-refractivity contribution in [3.05, 3.63) is 44.0 Å². The summed E-state index contributed by atoms with van der Waals surface area (Å²) in [6, 6.07) is 4.05. The fourth-order valence-electron chi connectivity index (χ4n) is 3.32. The molecule has 3 N–H and O–H groups in total. The van der Waals surface area contributed by atoms with Gasteiger partial charge in [0.05, 0.1) is 11.0 Å². The second kappa shape index (κ2) is 4.21. The molecule has 19 heavy (non-hydrogen) atoms. The number of aromatic nitrogens is 2. The standard InChI is InChI=1S/C13H13N3O2.ClH/c17-12-13(18)16-11-3-9-7-1-6(4-14-5-7)8(9)2-10(11)15-12;/h2-3,6-7,14H,1,4-5H2,(H,15,17)(H,16,18);1H. The minimum atomic E-state index is -0.582. The molecule has 1 aromatic heterocycles. The Hall–Kier alpha value is -1.59. The lowest BCUT2D eigenvalue weighted by atomic mass is 9.98. The first-order valence-corrected chi connectivity index (χ1v) is 6.23. The number of benzene rings is 1. The van der Waals surface area contributed by atoms with Gasteiger partial charge in [-0.1, -0.05) is 0 Å². The van der Waals surface area contributed by atoms with Crippen molar-refractivity contribution in [1.29, 1.82) is 0 Å². The first-order chi connectivity index (χ1) is 8.72. The summed E-state index contributed by atoms with van der Waals surface area (Å²) >= 11 is 0. The lowest BCUT2D eigenvalue weighted by molar-refractivity contribution is 0.454. The van der Waals surface area contributed by atoms with Gasteiger partial charge < -0.3 is 15.3 Å². The summed E-state index contributed by atoms with van der Waals surface area (Å²) in [7, 11) is 0. The Kier molecular flexibility index (Phi) is 2.76. The predicted octanol–water partition coefficient (Wildman–Crippen LogP) is 0.812. The Morgan fingerprint density at radius 1 is 0.895 bits per heavy atom. The average Bonchev–Trinajstić information content (AvgIpc) is 2.61. The number of piperidine rings is 1. The van der Waals surface area contributed by atoms with Crippen molar-refractivity contribution in [2.24, 2.45) is 0 Å². The molecule has 2 unspecified atom stereocenters. The van der Waals surface area contributed by atoms with Crippen molar-refractivity contribution in [3.63, 3.8) is 0 Å². The highest BCUT2D eigenvalue weighted by Gasteiger charge is 2.34. The summed E-state index contributed by atoms with van der Waals surface area (Å²) in [6.07, 6.45) is 1.17. The number of aromatic amines is 2. The molecule has 0 amide bonds. The van der Waals surface area contributed by atoms with Gasteiger partial charge in [0.15, 0.2) is 0 Å². The molecule has 5 nitrogen and oxygen atoms in total. The van der Waals surface area contributed by atoms with E-state index < -0.39 is 11.1 Å². The summed E-state index contributed by atoms with van der Waals surface area (Å²) < 4.78 is 0. The van der Waals surface area contributed by atoms with Crippen LogP contribution >= 0.6 is 12.4 Å². The van der Waals surface area contributed by atoms with Crippen LogP contribution < -0.4 is 16.4 Å². The molecule has 0 spiro atoms. The molecule has 1 fully saturated rings. The van der Waals surface area contributed by atoms with E-state index in [1.54, 1.807) is 0 Å². The van der Waals surface area contributed by atoms with Gasteiger partial charge in [0.2, 0.25) is 0 Å². The zero-order valence-electron chi connectivity index (χ0n) is 10.2. The Morgan fingerprint density at radius 2 is 1.37 bits per heavy atom. The van der Waals surface area contributed by atoms with Crippen LogP contribution in [0.2, 0.25) is 0 Å². The van der Waals surface area contributed by atoms with E-state index in [9.17, 15) is 9.59 Å². The highest BCUT2D eigenvalue weighted by molar-refractivity contribution is 5.85. The minimum absolute atomic E-state index is 0. The second-order valence-corrected chi connectivity index (χ2v) is 5.22. The Morgan fingerprint density at radius 3 is 1.84 bits per heavy atom. The summed E-state index contributed by atoms with van der Waals surface area (Å²) in [4.78, 5) is 28.0. The van der Waals surface area contributed by atoms with Crippen LogP contribution in [0.5, 0.6) is 0 Å². The SMILES string of the molecule is Cl.O=c1[nH]c2cc3c(cc2[nH]c1=O)C1CNCC3C1. The first-order valence-electron chi connectivity index (χ1n) is 6.23. The minimum Gasteiger partial charge on any atom is -0.316 e. The Labute approximate surface area is 114 Å². The number of hydrogen-bond donors (Lipinski definition) is 3. The number of fused-ring (bicyclic) bond motifs is 6. The molecule has 1 saturated heterocycles. The molecule has 2 atom stereocenters. The molecule has 1 aliphatic heterocycles. The van der Waals surface area contributed by atoms with E-state index in [1.807, 2.05) is 12.1 Å². The van der Waals surface area contributed by atoms with Gasteiger partial charge in [-0.25, -0.2) is 0 Å². The van der Waals surface area contributed by atoms with E-state index in [2.05, 4.69) is 15.3 Å². The quantitative estimate of drug-likeness (QED) is 0.625. The molecule has 6 heteroatoms. The van der Waals surface area contributed by atoms with Crippen LogP contribution in [0.25, 0.3) is 11.0 Å². The highest BCUT2D eigenvalue weighted by atomic mass is 35.5. The van der Waals surface area contributed by atoms with Crippen LogP contribution in [0, 0.1) is 0 Å². The lowest BCUT2D eigenvalue weighted by Gasteiger charge is -2.19. The van der Waals surface area contributed by atoms with Crippen molar-refractivity contribution >= 4 is 23.4 Å². The fourth-order valence-corrected chi connectivity index (χ4v) is 3.32. The van der Waals surface area contributed by atoms with Crippen molar-refractivity contribution in [1.82, 2.24) is 15.3 Å². The van der Waals surface area contributed by atoms with Gasteiger partial charge in [0, 0.05) is 13.1 Å². The zero-order valence-corrected chi connectivity index (χ0v) is 11.0. The number of nitrogens with one attached hydrogen (secondary N) is 3.